The topological polar surface area (TPSA) is 133 Å². The number of amides is 1. The molecule has 0 saturated heterocycles. The number of rotatable bonds is 3. The van der Waals surface area contributed by atoms with E-state index in [1.54, 1.807) is 0 Å². The lowest BCUT2D eigenvalue weighted by atomic mass is 10.2. The summed E-state index contributed by atoms with van der Waals surface area (Å²) in [6.45, 7) is 4.46. The first-order valence-corrected chi connectivity index (χ1v) is 3.63. The number of hydrogen-bond donors (Lipinski definition) is 4. The first-order chi connectivity index (χ1) is 4.65. The molecule has 0 aliphatic rings. The van der Waals surface area contributed by atoms with Crippen LogP contribution in [0.1, 0.15) is 39.5 Å². The lowest BCUT2D eigenvalue weighted by Crippen LogP contribution is -2.03. The number of unbranched alkanes of at least 4 members (excludes halogenated alkanes) is 3. The molecule has 12 heavy (non-hydrogen) atoms. The minimum absolute atomic E-state index is 0. The van der Waals surface area contributed by atoms with E-state index in [1.165, 1.54) is 25.7 Å². The molecule has 1 amide bonds. The molecule has 0 radical (unpaired) electrons. The Bertz CT molecular complexity index is 71.1. The van der Waals surface area contributed by atoms with Crippen molar-refractivity contribution in [2.24, 2.45) is 5.73 Å². The van der Waals surface area contributed by atoms with E-state index in [-0.39, 0.29) is 12.3 Å². The van der Waals surface area contributed by atoms with Crippen LogP contribution < -0.4 is 18.0 Å². The highest BCUT2D eigenvalue weighted by Gasteiger charge is 1.75. The summed E-state index contributed by atoms with van der Waals surface area (Å²) in [5.41, 5.74) is 4.03. The van der Waals surface area contributed by atoms with Gasteiger partial charge >= 0.3 is 6.09 Å². The van der Waals surface area contributed by atoms with Gasteiger partial charge in [-0.2, -0.15) is 0 Å². The van der Waals surface area contributed by atoms with Gasteiger partial charge in [0.1, 0.15) is 0 Å². The Kier molecular flexibility index (Phi) is 42.1. The van der Waals surface area contributed by atoms with E-state index >= 15 is 0 Å². The first kappa shape index (κ1) is 22.5. The highest BCUT2D eigenvalue weighted by molar-refractivity contribution is 5.61. The Balaban J connectivity index is -0.0000000483. The first-order valence-electron chi connectivity index (χ1n) is 3.63. The van der Waals surface area contributed by atoms with Crippen LogP contribution in [0.2, 0.25) is 0 Å². The molecule has 0 saturated carbocycles. The number of hydrogen-bond acceptors (Lipinski definition) is 3. The van der Waals surface area contributed by atoms with Gasteiger partial charge in [0.2, 0.25) is 0 Å². The van der Waals surface area contributed by atoms with E-state index in [4.69, 9.17) is 9.90 Å². The molecule has 5 heteroatoms. The van der Waals surface area contributed by atoms with E-state index in [0.717, 1.165) is 0 Å². The van der Waals surface area contributed by atoms with Crippen molar-refractivity contribution in [3.8, 4) is 0 Å². The van der Waals surface area contributed by atoms with Crippen LogP contribution in [0.5, 0.6) is 0 Å². The van der Waals surface area contributed by atoms with Gasteiger partial charge in [-0.1, -0.05) is 39.5 Å². The van der Waals surface area contributed by atoms with Gasteiger partial charge in [-0.15, -0.1) is 0 Å². The second kappa shape index (κ2) is 22.5. The van der Waals surface area contributed by atoms with Crippen LogP contribution in [0.3, 0.4) is 0 Å². The summed E-state index contributed by atoms with van der Waals surface area (Å²) >= 11 is 0. The fraction of sp³-hybridized carbons (Fsp3) is 0.857. The molecular weight excluding hydrogens is 158 g/mol. The predicted molar refractivity (Wildman–Crippen MR) is 52.1 cm³/mol. The number of carboxylic acid groups (broad SMARTS) is 1. The Morgan fingerprint density at radius 2 is 1.33 bits per heavy atom. The van der Waals surface area contributed by atoms with E-state index in [0.29, 0.717) is 0 Å². The molecule has 0 heterocycles. The third kappa shape index (κ3) is 129. The molecule has 9 N–H and O–H groups in total. The highest BCUT2D eigenvalue weighted by Crippen LogP contribution is 1.95. The Morgan fingerprint density at radius 1 is 1.17 bits per heavy atom. The van der Waals surface area contributed by atoms with Crippen LogP contribution in [0, 0.1) is 0 Å². The second-order valence-corrected chi connectivity index (χ2v) is 2.05. The summed E-state index contributed by atoms with van der Waals surface area (Å²) < 4.78 is 0. The standard InChI is InChI=1S/C6H14.CH3NO2.2H3N/c1-3-5-6-4-2;2-1(3)4;;/h3-6H2,1-2H3;2H2,(H,3,4);2*1H3. The van der Waals surface area contributed by atoms with Gasteiger partial charge in [0, 0.05) is 0 Å². The molecule has 78 valence electrons. The highest BCUT2D eigenvalue weighted by atomic mass is 16.4. The van der Waals surface area contributed by atoms with Crippen LogP contribution >= 0.6 is 0 Å². The van der Waals surface area contributed by atoms with Gasteiger partial charge in [0.05, 0.1) is 0 Å². The molecule has 0 bridgehead atoms. The average molecular weight is 181 g/mol. The minimum Gasteiger partial charge on any atom is -0.465 e. The molecule has 0 aromatic rings. The molecule has 0 aromatic carbocycles. The van der Waals surface area contributed by atoms with Gasteiger partial charge < -0.3 is 23.1 Å². The van der Waals surface area contributed by atoms with Gasteiger partial charge in [0.15, 0.2) is 0 Å². The molecule has 0 aliphatic carbocycles. The van der Waals surface area contributed by atoms with Crippen molar-refractivity contribution in [3.63, 3.8) is 0 Å². The minimum atomic E-state index is -1.33. The number of carbonyl (C=O) groups is 1. The van der Waals surface area contributed by atoms with Crippen molar-refractivity contribution < 1.29 is 9.90 Å². The molecule has 0 unspecified atom stereocenters. The lowest BCUT2D eigenvalue weighted by molar-refractivity contribution is 0.205. The van der Waals surface area contributed by atoms with Crippen molar-refractivity contribution in [2.45, 2.75) is 39.5 Å². The van der Waals surface area contributed by atoms with E-state index < -0.39 is 6.09 Å². The van der Waals surface area contributed by atoms with Crippen molar-refractivity contribution in [1.82, 2.24) is 12.3 Å². The summed E-state index contributed by atoms with van der Waals surface area (Å²) in [5, 5.41) is 7.19. The van der Waals surface area contributed by atoms with E-state index in [1.807, 2.05) is 0 Å². The molecule has 0 atom stereocenters. The van der Waals surface area contributed by atoms with Crippen molar-refractivity contribution in [2.75, 3.05) is 0 Å². The Morgan fingerprint density at radius 3 is 1.42 bits per heavy atom. The number of nitrogens with two attached hydrogens (primary N) is 1. The second-order valence-electron chi connectivity index (χ2n) is 2.05. The molecule has 0 aromatic heterocycles. The fourth-order valence-corrected chi connectivity index (χ4v) is 0.500. The zero-order valence-corrected chi connectivity index (χ0v) is 8.18. The van der Waals surface area contributed by atoms with Gasteiger partial charge in [-0.3, -0.25) is 0 Å². The predicted octanol–water partition coefficient (Wildman–Crippen LogP) is 2.53. The van der Waals surface area contributed by atoms with Crippen molar-refractivity contribution >= 4 is 6.09 Å². The summed E-state index contributed by atoms with van der Waals surface area (Å²) in [5.74, 6) is 0. The summed E-state index contributed by atoms with van der Waals surface area (Å²) in [6.07, 6.45) is 4.20. The quantitative estimate of drug-likeness (QED) is 0.497. The largest absolute Gasteiger partial charge is 0.465 e. The van der Waals surface area contributed by atoms with Crippen LogP contribution in [0.25, 0.3) is 0 Å². The van der Waals surface area contributed by atoms with Crippen molar-refractivity contribution in [3.05, 3.63) is 0 Å². The van der Waals surface area contributed by atoms with Gasteiger partial charge in [0.25, 0.3) is 0 Å². The molecular formula is C7H23N3O2. The zero-order chi connectivity index (χ0) is 8.41. The molecule has 0 rings (SSSR count). The van der Waals surface area contributed by atoms with E-state index in [9.17, 15) is 0 Å². The lowest BCUT2D eigenvalue weighted by Gasteiger charge is -1.86. The smallest absolute Gasteiger partial charge is 0.402 e. The van der Waals surface area contributed by atoms with Crippen LogP contribution in [-0.2, 0) is 0 Å². The maximum absolute atomic E-state index is 8.78. The summed E-state index contributed by atoms with van der Waals surface area (Å²) in [7, 11) is 0. The molecule has 0 fully saturated rings. The zero-order valence-electron chi connectivity index (χ0n) is 8.18. The van der Waals surface area contributed by atoms with Crippen LogP contribution in [0.4, 0.5) is 4.79 Å². The Labute approximate surface area is 74.5 Å². The maximum Gasteiger partial charge on any atom is 0.402 e. The summed E-state index contributed by atoms with van der Waals surface area (Å²) in [6, 6.07) is 0. The SMILES string of the molecule is CCCCCC.N.N.NC(=O)O. The van der Waals surface area contributed by atoms with Crippen LogP contribution in [0.15, 0.2) is 0 Å². The molecule has 0 aliphatic heterocycles. The third-order valence-electron chi connectivity index (χ3n) is 0.957. The normalized spacial score (nSPS) is 6.50. The van der Waals surface area contributed by atoms with Crippen molar-refractivity contribution in [1.29, 1.82) is 0 Å². The average Bonchev–Trinajstić information content (AvgIpc) is 1.82. The van der Waals surface area contributed by atoms with Crippen LogP contribution in [-0.4, -0.2) is 11.2 Å². The summed E-state index contributed by atoms with van der Waals surface area (Å²) in [4.78, 5) is 8.78. The monoisotopic (exact) mass is 181 g/mol. The van der Waals surface area contributed by atoms with Gasteiger partial charge in [-0.05, 0) is 0 Å². The van der Waals surface area contributed by atoms with Gasteiger partial charge in [-0.25, -0.2) is 4.79 Å². The molecule has 5 nitrogen and oxygen atoms in total. The molecule has 0 spiro atoms. The third-order valence-corrected chi connectivity index (χ3v) is 0.957. The Hall–Kier alpha value is -0.810. The van der Waals surface area contributed by atoms with E-state index in [2.05, 4.69) is 19.6 Å². The fourth-order valence-electron chi connectivity index (χ4n) is 0.500. The number of primary amides is 1. The maximum atomic E-state index is 8.78.